The molecule has 0 aromatic carbocycles. The summed E-state index contributed by atoms with van der Waals surface area (Å²) in [7, 11) is 0. The van der Waals surface area contributed by atoms with Gasteiger partial charge in [0.1, 0.15) is 5.75 Å². The molecule has 16 heavy (non-hydrogen) atoms. The zero-order valence-corrected chi connectivity index (χ0v) is 11.0. The van der Waals surface area contributed by atoms with Gasteiger partial charge >= 0.3 is 0 Å². The van der Waals surface area contributed by atoms with Gasteiger partial charge in [-0.15, -0.1) is 0 Å². The Hall–Kier alpha value is -1.05. The summed E-state index contributed by atoms with van der Waals surface area (Å²) >= 11 is 0. The number of aromatic nitrogens is 1. The van der Waals surface area contributed by atoms with Crippen LogP contribution in [0, 0.1) is 11.8 Å². The first kappa shape index (κ1) is 13.0. The molecule has 0 aliphatic rings. The molecule has 1 unspecified atom stereocenters. The van der Waals surface area contributed by atoms with Crippen LogP contribution in [0.3, 0.4) is 0 Å². The van der Waals surface area contributed by atoms with Crippen molar-refractivity contribution in [1.29, 1.82) is 0 Å². The van der Waals surface area contributed by atoms with Crippen LogP contribution in [0.2, 0.25) is 0 Å². The fraction of sp³-hybridized carbons (Fsp3) is 0.643. The molecule has 1 aromatic heterocycles. The molecular formula is C14H23NO. The molecule has 0 saturated carbocycles. The van der Waals surface area contributed by atoms with Gasteiger partial charge in [-0.3, -0.25) is 4.98 Å². The van der Waals surface area contributed by atoms with Crippen molar-refractivity contribution < 1.29 is 4.74 Å². The van der Waals surface area contributed by atoms with Crippen LogP contribution in [0.1, 0.15) is 40.3 Å². The van der Waals surface area contributed by atoms with Gasteiger partial charge in [-0.1, -0.05) is 27.7 Å². The molecule has 0 aliphatic heterocycles. The summed E-state index contributed by atoms with van der Waals surface area (Å²) in [6, 6.07) is 4.08. The lowest BCUT2D eigenvalue weighted by molar-refractivity contribution is 0.170. The smallest absolute Gasteiger partial charge is 0.138 e. The maximum Gasteiger partial charge on any atom is 0.138 e. The topological polar surface area (TPSA) is 22.1 Å². The molecule has 1 heterocycles. The van der Waals surface area contributed by atoms with Crippen molar-refractivity contribution in [3.8, 4) is 5.75 Å². The third-order valence-electron chi connectivity index (χ3n) is 2.68. The van der Waals surface area contributed by atoms with E-state index >= 15 is 0 Å². The first-order chi connectivity index (χ1) is 7.49. The minimum absolute atomic E-state index is 0.234. The molecule has 0 N–H and O–H groups in total. The predicted octanol–water partition coefficient (Wildman–Crippen LogP) is 3.70. The monoisotopic (exact) mass is 221 g/mol. The number of pyridine rings is 1. The second-order valence-corrected chi connectivity index (χ2v) is 5.15. The van der Waals surface area contributed by atoms with E-state index in [2.05, 4.69) is 45.7 Å². The zero-order valence-electron chi connectivity index (χ0n) is 11.0. The van der Waals surface area contributed by atoms with Crippen LogP contribution in [0.4, 0.5) is 0 Å². The van der Waals surface area contributed by atoms with E-state index < -0.39 is 0 Å². The van der Waals surface area contributed by atoms with Crippen LogP contribution in [0.25, 0.3) is 0 Å². The molecule has 90 valence electrons. The van der Waals surface area contributed by atoms with E-state index in [1.165, 1.54) is 0 Å². The van der Waals surface area contributed by atoms with Gasteiger partial charge < -0.3 is 4.74 Å². The Morgan fingerprint density at radius 3 is 2.25 bits per heavy atom. The molecule has 0 fully saturated rings. The largest absolute Gasteiger partial charge is 0.489 e. The summed E-state index contributed by atoms with van der Waals surface area (Å²) in [6.07, 6.45) is 3.09. The zero-order chi connectivity index (χ0) is 12.1. The van der Waals surface area contributed by atoms with Crippen LogP contribution in [-0.4, -0.2) is 11.1 Å². The van der Waals surface area contributed by atoms with Gasteiger partial charge in [0.15, 0.2) is 0 Å². The fourth-order valence-electron chi connectivity index (χ4n) is 1.37. The van der Waals surface area contributed by atoms with Gasteiger partial charge in [0.25, 0.3) is 0 Å². The van der Waals surface area contributed by atoms with Gasteiger partial charge in [0.2, 0.25) is 0 Å². The van der Waals surface area contributed by atoms with Crippen LogP contribution in [0.15, 0.2) is 18.3 Å². The maximum absolute atomic E-state index is 5.77. The van der Waals surface area contributed by atoms with Crippen molar-refractivity contribution in [2.75, 3.05) is 0 Å². The molecule has 0 bridgehead atoms. The Kier molecular flexibility index (Phi) is 4.78. The Morgan fingerprint density at radius 1 is 1.12 bits per heavy atom. The van der Waals surface area contributed by atoms with E-state index in [9.17, 15) is 0 Å². The molecule has 0 spiro atoms. The van der Waals surface area contributed by atoms with E-state index in [-0.39, 0.29) is 6.10 Å². The molecule has 2 heteroatoms. The molecule has 0 saturated heterocycles. The van der Waals surface area contributed by atoms with Gasteiger partial charge in [-0.2, -0.15) is 0 Å². The molecule has 2 nitrogen and oxygen atoms in total. The number of hydrogen-bond donors (Lipinski definition) is 0. The van der Waals surface area contributed by atoms with Crippen molar-refractivity contribution in [2.45, 2.75) is 47.1 Å². The Bertz CT molecular complexity index is 303. The maximum atomic E-state index is 5.77. The third-order valence-corrected chi connectivity index (χ3v) is 2.68. The van der Waals surface area contributed by atoms with E-state index in [0.717, 1.165) is 17.9 Å². The summed E-state index contributed by atoms with van der Waals surface area (Å²) < 4.78 is 5.77. The SMILES string of the molecule is CC(C)Cc1ccc(OC(C)C(C)C)cn1. The molecule has 1 rings (SSSR count). The lowest BCUT2D eigenvalue weighted by Crippen LogP contribution is -2.18. The Balaban J connectivity index is 2.57. The van der Waals surface area contributed by atoms with Crippen LogP contribution in [-0.2, 0) is 6.42 Å². The van der Waals surface area contributed by atoms with E-state index in [0.29, 0.717) is 11.8 Å². The summed E-state index contributed by atoms with van der Waals surface area (Å²) in [6.45, 7) is 10.8. The highest BCUT2D eigenvalue weighted by Crippen LogP contribution is 2.16. The highest BCUT2D eigenvalue weighted by Gasteiger charge is 2.08. The Morgan fingerprint density at radius 2 is 1.81 bits per heavy atom. The lowest BCUT2D eigenvalue weighted by atomic mass is 10.1. The van der Waals surface area contributed by atoms with Crippen molar-refractivity contribution in [2.24, 2.45) is 11.8 Å². The van der Waals surface area contributed by atoms with Crippen LogP contribution >= 0.6 is 0 Å². The predicted molar refractivity (Wildman–Crippen MR) is 67.7 cm³/mol. The van der Waals surface area contributed by atoms with Gasteiger partial charge in [-0.05, 0) is 37.3 Å². The van der Waals surface area contributed by atoms with Crippen molar-refractivity contribution >= 4 is 0 Å². The van der Waals surface area contributed by atoms with E-state index in [4.69, 9.17) is 4.74 Å². The molecule has 0 aliphatic carbocycles. The normalized spacial score (nSPS) is 13.2. The van der Waals surface area contributed by atoms with Crippen molar-refractivity contribution in [1.82, 2.24) is 4.98 Å². The van der Waals surface area contributed by atoms with E-state index in [1.54, 1.807) is 0 Å². The summed E-state index contributed by atoms with van der Waals surface area (Å²) in [5, 5.41) is 0. The van der Waals surface area contributed by atoms with Crippen molar-refractivity contribution in [3.63, 3.8) is 0 Å². The minimum Gasteiger partial charge on any atom is -0.489 e. The third kappa shape index (κ3) is 4.21. The van der Waals surface area contributed by atoms with Gasteiger partial charge in [0, 0.05) is 5.69 Å². The van der Waals surface area contributed by atoms with Gasteiger partial charge in [0.05, 0.1) is 12.3 Å². The molecule has 0 radical (unpaired) electrons. The average Bonchev–Trinajstić information content (AvgIpc) is 2.20. The highest BCUT2D eigenvalue weighted by molar-refractivity contribution is 5.20. The van der Waals surface area contributed by atoms with Crippen LogP contribution in [0.5, 0.6) is 5.75 Å². The molecular weight excluding hydrogens is 198 g/mol. The second kappa shape index (κ2) is 5.88. The van der Waals surface area contributed by atoms with Crippen LogP contribution < -0.4 is 4.74 Å². The lowest BCUT2D eigenvalue weighted by Gasteiger charge is -2.17. The fourth-order valence-corrected chi connectivity index (χ4v) is 1.37. The quantitative estimate of drug-likeness (QED) is 0.756. The highest BCUT2D eigenvalue weighted by atomic mass is 16.5. The number of rotatable bonds is 5. The second-order valence-electron chi connectivity index (χ2n) is 5.15. The van der Waals surface area contributed by atoms with Crippen molar-refractivity contribution in [3.05, 3.63) is 24.0 Å². The number of hydrogen-bond acceptors (Lipinski definition) is 2. The summed E-state index contributed by atoms with van der Waals surface area (Å²) in [5.41, 5.74) is 1.14. The number of ether oxygens (including phenoxy) is 1. The molecule has 0 amide bonds. The first-order valence-electron chi connectivity index (χ1n) is 6.10. The number of nitrogens with zero attached hydrogens (tertiary/aromatic N) is 1. The molecule has 1 aromatic rings. The Labute approximate surface area is 99.0 Å². The standard InChI is InChI=1S/C14H23NO/c1-10(2)8-13-6-7-14(9-15-13)16-12(5)11(3)4/h6-7,9-12H,8H2,1-5H3. The van der Waals surface area contributed by atoms with E-state index in [1.807, 2.05) is 12.3 Å². The average molecular weight is 221 g/mol. The first-order valence-corrected chi connectivity index (χ1v) is 6.10. The minimum atomic E-state index is 0.234. The van der Waals surface area contributed by atoms with Gasteiger partial charge in [-0.25, -0.2) is 0 Å². The summed E-state index contributed by atoms with van der Waals surface area (Å²) in [4.78, 5) is 4.41. The summed E-state index contributed by atoms with van der Waals surface area (Å²) in [5.74, 6) is 2.04. The molecule has 1 atom stereocenters.